The van der Waals surface area contributed by atoms with Gasteiger partial charge in [0.15, 0.2) is 0 Å². The second-order valence-electron chi connectivity index (χ2n) is 4.88. The van der Waals surface area contributed by atoms with Crippen LogP contribution in [0, 0.1) is 6.92 Å². The average molecular weight is 285 g/mol. The molecule has 0 bridgehead atoms. The molecule has 1 unspecified atom stereocenters. The molecule has 1 atom stereocenters. The molecule has 0 aliphatic rings. The fraction of sp³-hybridized carbons (Fsp3) is 0.250. The molecule has 0 saturated carbocycles. The van der Waals surface area contributed by atoms with Crippen LogP contribution in [0.25, 0.3) is 0 Å². The van der Waals surface area contributed by atoms with Crippen LogP contribution in [0.5, 0.6) is 5.75 Å². The van der Waals surface area contributed by atoms with Crippen LogP contribution in [0.4, 0.5) is 5.69 Å². The van der Waals surface area contributed by atoms with E-state index in [9.17, 15) is 4.79 Å². The van der Waals surface area contributed by atoms with Crippen LogP contribution in [-0.2, 0) is 0 Å². The van der Waals surface area contributed by atoms with Crippen LogP contribution < -0.4 is 15.8 Å². The zero-order chi connectivity index (χ0) is 15.4. The van der Waals surface area contributed by atoms with Crippen LogP contribution in [-0.4, -0.2) is 18.0 Å². The predicted molar refractivity (Wildman–Crippen MR) is 82.3 cm³/mol. The second-order valence-corrected chi connectivity index (χ2v) is 4.88. The number of rotatable bonds is 4. The Balaban J connectivity index is 2.10. The van der Waals surface area contributed by atoms with Crippen molar-refractivity contribution in [3.63, 3.8) is 0 Å². The van der Waals surface area contributed by atoms with Crippen LogP contribution in [0.1, 0.15) is 34.6 Å². The molecule has 1 aromatic carbocycles. The third-order valence-electron chi connectivity index (χ3n) is 3.28. The summed E-state index contributed by atoms with van der Waals surface area (Å²) in [4.78, 5) is 16.3. The molecular formula is C16H19N3O2. The minimum absolute atomic E-state index is 0.135. The van der Waals surface area contributed by atoms with Crippen LogP contribution in [0.15, 0.2) is 36.5 Å². The topological polar surface area (TPSA) is 77.2 Å². The van der Waals surface area contributed by atoms with Gasteiger partial charge in [0.25, 0.3) is 5.91 Å². The number of anilines is 1. The Morgan fingerprint density at radius 3 is 2.57 bits per heavy atom. The van der Waals surface area contributed by atoms with Gasteiger partial charge in [0.05, 0.1) is 18.7 Å². The van der Waals surface area contributed by atoms with E-state index < -0.39 is 0 Å². The monoisotopic (exact) mass is 285 g/mol. The van der Waals surface area contributed by atoms with Gasteiger partial charge in [-0.15, -0.1) is 0 Å². The molecule has 0 aliphatic heterocycles. The van der Waals surface area contributed by atoms with Gasteiger partial charge in [-0.2, -0.15) is 0 Å². The minimum atomic E-state index is -0.233. The Labute approximate surface area is 124 Å². The molecule has 1 heterocycles. The summed E-state index contributed by atoms with van der Waals surface area (Å²) in [5, 5.41) is 2.91. The molecule has 1 amide bonds. The van der Waals surface area contributed by atoms with E-state index in [2.05, 4.69) is 10.3 Å². The number of nitrogens with one attached hydrogen (secondary N) is 1. The third kappa shape index (κ3) is 3.51. The Morgan fingerprint density at radius 2 is 2.00 bits per heavy atom. The Bertz CT molecular complexity index is 638. The van der Waals surface area contributed by atoms with Gasteiger partial charge in [-0.1, -0.05) is 12.1 Å². The smallest absolute Gasteiger partial charge is 0.255 e. The number of pyridine rings is 1. The van der Waals surface area contributed by atoms with Crippen molar-refractivity contribution in [2.45, 2.75) is 19.9 Å². The lowest BCUT2D eigenvalue weighted by molar-refractivity contribution is 0.0940. The molecule has 21 heavy (non-hydrogen) atoms. The second kappa shape index (κ2) is 6.26. The molecule has 0 aliphatic carbocycles. The molecule has 110 valence electrons. The van der Waals surface area contributed by atoms with E-state index in [0.29, 0.717) is 11.3 Å². The quantitative estimate of drug-likeness (QED) is 0.904. The van der Waals surface area contributed by atoms with Gasteiger partial charge in [0.1, 0.15) is 5.75 Å². The summed E-state index contributed by atoms with van der Waals surface area (Å²) in [6.45, 7) is 3.75. The van der Waals surface area contributed by atoms with Gasteiger partial charge >= 0.3 is 0 Å². The van der Waals surface area contributed by atoms with Gasteiger partial charge in [0, 0.05) is 17.6 Å². The molecule has 0 spiro atoms. The molecule has 5 heteroatoms. The van der Waals surface area contributed by atoms with Crippen molar-refractivity contribution in [2.24, 2.45) is 0 Å². The number of benzene rings is 1. The minimum Gasteiger partial charge on any atom is -0.497 e. The number of methoxy groups -OCH3 is 1. The molecule has 2 aromatic rings. The number of aromatic nitrogens is 1. The number of carbonyl (C=O) groups is 1. The lowest BCUT2D eigenvalue weighted by Crippen LogP contribution is -2.27. The number of carbonyl (C=O) groups excluding carboxylic acids is 1. The summed E-state index contributed by atoms with van der Waals surface area (Å²) in [7, 11) is 1.62. The first-order valence-corrected chi connectivity index (χ1v) is 6.68. The Kier molecular flexibility index (Phi) is 4.42. The van der Waals surface area contributed by atoms with Crippen LogP contribution in [0.3, 0.4) is 0 Å². The highest BCUT2D eigenvalue weighted by Gasteiger charge is 2.14. The largest absolute Gasteiger partial charge is 0.497 e. The maximum absolute atomic E-state index is 12.2. The number of nitrogens with two attached hydrogens (primary N) is 1. The summed E-state index contributed by atoms with van der Waals surface area (Å²) in [5.41, 5.74) is 8.45. The highest BCUT2D eigenvalue weighted by atomic mass is 16.5. The van der Waals surface area contributed by atoms with Crippen LogP contribution in [0.2, 0.25) is 0 Å². The molecule has 1 aromatic heterocycles. The van der Waals surface area contributed by atoms with E-state index in [-0.39, 0.29) is 11.9 Å². The van der Waals surface area contributed by atoms with Crippen molar-refractivity contribution in [3.8, 4) is 5.75 Å². The Hall–Kier alpha value is -2.56. The third-order valence-corrected chi connectivity index (χ3v) is 3.28. The zero-order valence-corrected chi connectivity index (χ0v) is 12.4. The summed E-state index contributed by atoms with van der Waals surface area (Å²) in [5.74, 6) is 0.549. The average Bonchev–Trinajstić information content (AvgIpc) is 2.47. The van der Waals surface area contributed by atoms with Crippen molar-refractivity contribution in [2.75, 3.05) is 12.8 Å². The van der Waals surface area contributed by atoms with Crippen molar-refractivity contribution < 1.29 is 9.53 Å². The van der Waals surface area contributed by atoms with Crippen molar-refractivity contribution >= 4 is 11.6 Å². The first-order valence-electron chi connectivity index (χ1n) is 6.68. The van der Waals surface area contributed by atoms with Crippen molar-refractivity contribution in [1.29, 1.82) is 0 Å². The number of amides is 1. The van der Waals surface area contributed by atoms with Gasteiger partial charge < -0.3 is 15.8 Å². The fourth-order valence-electron chi connectivity index (χ4n) is 2.02. The normalized spacial score (nSPS) is 11.8. The molecule has 0 saturated heterocycles. The van der Waals surface area contributed by atoms with E-state index in [1.165, 1.54) is 6.20 Å². The van der Waals surface area contributed by atoms with Crippen molar-refractivity contribution in [1.82, 2.24) is 10.3 Å². The zero-order valence-electron chi connectivity index (χ0n) is 12.4. The van der Waals surface area contributed by atoms with Gasteiger partial charge in [-0.05, 0) is 37.6 Å². The number of aryl methyl sites for hydroxylation is 1. The van der Waals surface area contributed by atoms with E-state index in [1.807, 2.05) is 38.1 Å². The fourth-order valence-corrected chi connectivity index (χ4v) is 2.02. The molecule has 2 rings (SSSR count). The maximum atomic E-state index is 12.2. The van der Waals surface area contributed by atoms with Crippen LogP contribution >= 0.6 is 0 Å². The number of hydrogen-bond donors (Lipinski definition) is 2. The highest BCUT2D eigenvalue weighted by Crippen LogP contribution is 2.18. The Morgan fingerprint density at radius 1 is 1.33 bits per heavy atom. The molecule has 0 fully saturated rings. The standard InChI is InChI=1S/C16H19N3O2/c1-10-8-15(17)14(9-18-10)16(20)19-11(2)12-4-6-13(21-3)7-5-12/h4-9,11H,1-3H3,(H2,17,18)(H,19,20). The van der Waals surface area contributed by atoms with Gasteiger partial charge in [-0.25, -0.2) is 0 Å². The lowest BCUT2D eigenvalue weighted by atomic mass is 10.1. The van der Waals surface area contributed by atoms with E-state index in [1.54, 1.807) is 13.2 Å². The van der Waals surface area contributed by atoms with Gasteiger partial charge in [-0.3, -0.25) is 9.78 Å². The van der Waals surface area contributed by atoms with E-state index >= 15 is 0 Å². The maximum Gasteiger partial charge on any atom is 0.255 e. The first kappa shape index (κ1) is 14.8. The molecule has 3 N–H and O–H groups in total. The number of nitrogen functional groups attached to an aromatic ring is 1. The SMILES string of the molecule is COc1ccc(C(C)NC(=O)c2cnc(C)cc2N)cc1. The van der Waals surface area contributed by atoms with Crippen molar-refractivity contribution in [3.05, 3.63) is 53.3 Å². The summed E-state index contributed by atoms with van der Waals surface area (Å²) in [6, 6.07) is 9.11. The number of ether oxygens (including phenoxy) is 1. The summed E-state index contributed by atoms with van der Waals surface area (Å²) >= 11 is 0. The summed E-state index contributed by atoms with van der Waals surface area (Å²) in [6.07, 6.45) is 1.50. The number of hydrogen-bond acceptors (Lipinski definition) is 4. The van der Waals surface area contributed by atoms with E-state index in [4.69, 9.17) is 10.5 Å². The predicted octanol–water partition coefficient (Wildman–Crippen LogP) is 2.47. The number of nitrogens with zero attached hydrogens (tertiary/aromatic N) is 1. The highest BCUT2D eigenvalue weighted by molar-refractivity contribution is 5.99. The molecular weight excluding hydrogens is 266 g/mol. The van der Waals surface area contributed by atoms with E-state index in [0.717, 1.165) is 17.0 Å². The summed E-state index contributed by atoms with van der Waals surface area (Å²) < 4.78 is 5.11. The lowest BCUT2D eigenvalue weighted by Gasteiger charge is -2.15. The van der Waals surface area contributed by atoms with Gasteiger partial charge in [0.2, 0.25) is 0 Å². The molecule has 0 radical (unpaired) electrons. The first-order chi connectivity index (χ1) is 10.0. The molecule has 5 nitrogen and oxygen atoms in total.